The van der Waals surface area contributed by atoms with Gasteiger partial charge in [0.1, 0.15) is 23.9 Å². The molecular weight excluding hydrogens is 592 g/mol. The highest BCUT2D eigenvalue weighted by molar-refractivity contribution is 5.93. The van der Waals surface area contributed by atoms with Gasteiger partial charge < -0.3 is 33.9 Å². The third-order valence-corrected chi connectivity index (χ3v) is 8.72. The number of rotatable bonds is 13. The zero-order valence-electron chi connectivity index (χ0n) is 25.7. The normalized spacial score (nSPS) is 15.2. The molecule has 0 amide bonds. The van der Waals surface area contributed by atoms with Crippen LogP contribution >= 0.6 is 0 Å². The molecule has 1 aliphatic heterocycles. The summed E-state index contributed by atoms with van der Waals surface area (Å²) >= 11 is 0. The van der Waals surface area contributed by atoms with Crippen LogP contribution in [0, 0.1) is 5.92 Å². The molecule has 1 atom stereocenters. The van der Waals surface area contributed by atoms with E-state index in [1.54, 1.807) is 61.8 Å². The maximum absolute atomic E-state index is 12.6. The monoisotopic (exact) mass is 626 g/mol. The molecule has 0 spiro atoms. The van der Waals surface area contributed by atoms with Crippen LogP contribution in [-0.2, 0) is 23.2 Å². The lowest BCUT2D eigenvalue weighted by Gasteiger charge is -2.32. The molecule has 1 aromatic heterocycles. The summed E-state index contributed by atoms with van der Waals surface area (Å²) in [6.45, 7) is 2.21. The second kappa shape index (κ2) is 12.5. The average molecular weight is 627 g/mol. The van der Waals surface area contributed by atoms with Crippen LogP contribution in [0.2, 0.25) is 0 Å². The van der Waals surface area contributed by atoms with Crippen LogP contribution in [0.5, 0.6) is 28.7 Å². The minimum absolute atomic E-state index is 0.0274. The summed E-state index contributed by atoms with van der Waals surface area (Å²) < 4.78 is 28.4. The SMILES string of the molecule is COc1ccc(C(C)(c2[nH]ncc2/C=C(\Cc2cc3c(cc2OC)OCO3)C(=O)O)C2CC2)c(OCc2ccccc2C(=O)O)c1. The first-order valence-corrected chi connectivity index (χ1v) is 14.8. The molecule has 1 unspecified atom stereocenters. The average Bonchev–Trinajstić information content (AvgIpc) is 3.65. The molecule has 0 radical (unpaired) electrons. The highest BCUT2D eigenvalue weighted by Gasteiger charge is 2.48. The van der Waals surface area contributed by atoms with Crippen molar-refractivity contribution < 1.29 is 43.5 Å². The third-order valence-electron chi connectivity index (χ3n) is 8.72. The molecule has 1 fully saturated rings. The number of benzene rings is 3. The van der Waals surface area contributed by atoms with E-state index in [2.05, 4.69) is 17.1 Å². The minimum Gasteiger partial charge on any atom is -0.497 e. The number of aromatic nitrogens is 2. The Morgan fingerprint density at radius 2 is 1.76 bits per heavy atom. The summed E-state index contributed by atoms with van der Waals surface area (Å²) in [5.41, 5.74) is 3.03. The first kappa shape index (κ1) is 30.6. The molecule has 1 saturated carbocycles. The number of methoxy groups -OCH3 is 2. The van der Waals surface area contributed by atoms with Crippen molar-refractivity contribution in [1.29, 1.82) is 0 Å². The molecule has 2 aliphatic rings. The van der Waals surface area contributed by atoms with Crippen LogP contribution in [0.25, 0.3) is 6.08 Å². The second-order valence-electron chi connectivity index (χ2n) is 11.5. The molecule has 6 rings (SSSR count). The second-order valence-corrected chi connectivity index (χ2v) is 11.5. The van der Waals surface area contributed by atoms with E-state index in [-0.39, 0.29) is 36.9 Å². The van der Waals surface area contributed by atoms with Crippen molar-refractivity contribution in [2.24, 2.45) is 5.92 Å². The van der Waals surface area contributed by atoms with E-state index in [0.29, 0.717) is 45.4 Å². The topological polar surface area (TPSA) is 149 Å². The number of carboxylic acid groups (broad SMARTS) is 2. The van der Waals surface area contributed by atoms with Gasteiger partial charge in [0.05, 0.1) is 31.7 Å². The first-order chi connectivity index (χ1) is 22.2. The molecular formula is C35H34N2O9. The Balaban J connectivity index is 1.39. The van der Waals surface area contributed by atoms with Gasteiger partial charge in [-0.05, 0) is 50.0 Å². The van der Waals surface area contributed by atoms with Gasteiger partial charge >= 0.3 is 11.9 Å². The van der Waals surface area contributed by atoms with E-state index in [9.17, 15) is 19.8 Å². The maximum Gasteiger partial charge on any atom is 0.336 e. The molecule has 4 aromatic rings. The van der Waals surface area contributed by atoms with Gasteiger partial charge in [0.15, 0.2) is 11.5 Å². The lowest BCUT2D eigenvalue weighted by Crippen LogP contribution is -2.29. The van der Waals surface area contributed by atoms with Gasteiger partial charge in [-0.15, -0.1) is 0 Å². The van der Waals surface area contributed by atoms with Crippen LogP contribution in [0.1, 0.15) is 58.1 Å². The number of ether oxygens (including phenoxy) is 5. The summed E-state index contributed by atoms with van der Waals surface area (Å²) in [5.74, 6) is 0.785. The predicted octanol–water partition coefficient (Wildman–Crippen LogP) is 5.86. The van der Waals surface area contributed by atoms with Gasteiger partial charge in [0, 0.05) is 51.8 Å². The maximum atomic E-state index is 12.6. The van der Waals surface area contributed by atoms with E-state index in [1.807, 2.05) is 12.1 Å². The molecule has 11 heteroatoms. The van der Waals surface area contributed by atoms with E-state index in [4.69, 9.17) is 23.7 Å². The van der Waals surface area contributed by atoms with Gasteiger partial charge in [-0.3, -0.25) is 5.10 Å². The van der Waals surface area contributed by atoms with Gasteiger partial charge in [0.2, 0.25) is 6.79 Å². The summed E-state index contributed by atoms with van der Waals surface area (Å²) in [6.07, 6.45) is 5.24. The van der Waals surface area contributed by atoms with Gasteiger partial charge in [-0.1, -0.05) is 24.3 Å². The number of hydrogen-bond acceptors (Lipinski definition) is 8. The molecule has 3 N–H and O–H groups in total. The predicted molar refractivity (Wildman–Crippen MR) is 167 cm³/mol. The van der Waals surface area contributed by atoms with Crippen LogP contribution in [0.3, 0.4) is 0 Å². The largest absolute Gasteiger partial charge is 0.497 e. The fourth-order valence-corrected chi connectivity index (χ4v) is 6.10. The third kappa shape index (κ3) is 5.83. The summed E-state index contributed by atoms with van der Waals surface area (Å²) in [5, 5.41) is 27.5. The number of nitrogens with one attached hydrogen (secondary N) is 1. The van der Waals surface area contributed by atoms with Crippen LogP contribution in [0.4, 0.5) is 0 Å². The molecule has 238 valence electrons. The zero-order chi connectivity index (χ0) is 32.4. The number of nitrogens with zero attached hydrogens (tertiary/aromatic N) is 1. The Kier molecular flexibility index (Phi) is 8.31. The number of hydrogen-bond donors (Lipinski definition) is 3. The summed E-state index contributed by atoms with van der Waals surface area (Å²) in [4.78, 5) is 24.4. The van der Waals surface area contributed by atoms with Crippen LogP contribution in [0.15, 0.2) is 66.4 Å². The van der Waals surface area contributed by atoms with Crippen LogP contribution < -0.4 is 23.7 Å². The Hall–Kier alpha value is -5.45. The zero-order valence-corrected chi connectivity index (χ0v) is 25.7. The Morgan fingerprint density at radius 1 is 1.00 bits per heavy atom. The van der Waals surface area contributed by atoms with E-state index < -0.39 is 17.4 Å². The van der Waals surface area contributed by atoms with Crippen molar-refractivity contribution >= 4 is 18.0 Å². The minimum atomic E-state index is -1.08. The quantitative estimate of drug-likeness (QED) is 0.154. The highest BCUT2D eigenvalue weighted by Crippen LogP contribution is 2.54. The number of carboxylic acids is 2. The molecule has 11 nitrogen and oxygen atoms in total. The Bertz CT molecular complexity index is 1820. The van der Waals surface area contributed by atoms with Crippen molar-refractivity contribution in [3.05, 3.63) is 99.9 Å². The van der Waals surface area contributed by atoms with E-state index >= 15 is 0 Å². The fraction of sp³-hybridized carbons (Fsp3) is 0.286. The molecule has 3 aromatic carbocycles. The summed E-state index contributed by atoms with van der Waals surface area (Å²) in [7, 11) is 3.09. The van der Waals surface area contributed by atoms with Gasteiger partial charge in [-0.25, -0.2) is 9.59 Å². The number of aromatic carboxylic acids is 1. The number of H-pyrrole nitrogens is 1. The molecule has 46 heavy (non-hydrogen) atoms. The van der Waals surface area contributed by atoms with E-state index in [0.717, 1.165) is 24.1 Å². The lowest BCUT2D eigenvalue weighted by molar-refractivity contribution is -0.132. The van der Waals surface area contributed by atoms with Crippen molar-refractivity contribution in [3.8, 4) is 28.7 Å². The molecule has 0 saturated heterocycles. The number of aromatic amines is 1. The Morgan fingerprint density at radius 3 is 2.46 bits per heavy atom. The molecule has 1 aliphatic carbocycles. The van der Waals surface area contributed by atoms with Crippen LogP contribution in [-0.4, -0.2) is 53.4 Å². The number of carbonyl (C=O) groups is 2. The van der Waals surface area contributed by atoms with Gasteiger partial charge in [0.25, 0.3) is 0 Å². The molecule has 2 heterocycles. The van der Waals surface area contributed by atoms with E-state index in [1.165, 1.54) is 7.11 Å². The Labute approximate surface area is 265 Å². The molecule has 0 bridgehead atoms. The van der Waals surface area contributed by atoms with Gasteiger partial charge in [-0.2, -0.15) is 5.10 Å². The fourth-order valence-electron chi connectivity index (χ4n) is 6.10. The first-order valence-electron chi connectivity index (χ1n) is 14.8. The summed E-state index contributed by atoms with van der Waals surface area (Å²) in [6, 6.07) is 15.8. The number of aliphatic carboxylic acids is 1. The lowest BCUT2D eigenvalue weighted by atomic mass is 9.73. The standard InChI is InChI=1S/C35H34N2O9/c1-35(24-8-9-24,27-11-10-25(42-2)15-29(27)44-18-20-6-4-5-7-26(20)34(40)41)32-23(17-36-37-32)13-22(33(38)39)12-21-14-30-31(46-19-45-30)16-28(21)43-3/h4-7,10-11,13-17,24H,8-9,12,18-19H2,1-3H3,(H,36,37)(H,38,39)(H,40,41)/b22-13+. The van der Waals surface area contributed by atoms with Crippen molar-refractivity contribution in [1.82, 2.24) is 10.2 Å². The van der Waals surface area contributed by atoms with Crippen molar-refractivity contribution in [2.45, 2.75) is 38.2 Å². The van der Waals surface area contributed by atoms with Crippen molar-refractivity contribution in [3.63, 3.8) is 0 Å². The number of fused-ring (bicyclic) bond motifs is 1. The van der Waals surface area contributed by atoms with Crippen molar-refractivity contribution in [2.75, 3.05) is 21.0 Å². The highest BCUT2D eigenvalue weighted by atomic mass is 16.7. The smallest absolute Gasteiger partial charge is 0.336 e.